The van der Waals surface area contributed by atoms with Gasteiger partial charge >= 0.3 is 0 Å². The van der Waals surface area contributed by atoms with Gasteiger partial charge in [0.05, 0.1) is 23.3 Å². The lowest BCUT2D eigenvalue weighted by Gasteiger charge is -2.28. The zero-order valence-electron chi connectivity index (χ0n) is 11.8. The first-order chi connectivity index (χ1) is 10.5. The lowest BCUT2D eigenvalue weighted by Crippen LogP contribution is -2.29. The molecule has 0 unspecified atom stereocenters. The SMILES string of the molecule is CN1CCOc2ccc(S(=O)(=O)Nc3ccc(F)cn3)cc21. The molecular formula is C14H14FN3O3S. The number of benzene rings is 1. The molecule has 1 N–H and O–H groups in total. The van der Waals surface area contributed by atoms with Crippen LogP contribution in [0.1, 0.15) is 0 Å². The molecule has 0 amide bonds. The molecule has 116 valence electrons. The van der Waals surface area contributed by atoms with Crippen LogP contribution in [0.3, 0.4) is 0 Å². The van der Waals surface area contributed by atoms with E-state index in [1.54, 1.807) is 12.1 Å². The third-order valence-corrected chi connectivity index (χ3v) is 4.65. The lowest BCUT2D eigenvalue weighted by atomic mass is 10.2. The maximum Gasteiger partial charge on any atom is 0.263 e. The second kappa shape index (κ2) is 5.45. The fourth-order valence-corrected chi connectivity index (χ4v) is 3.16. The van der Waals surface area contributed by atoms with E-state index >= 15 is 0 Å². The van der Waals surface area contributed by atoms with Gasteiger partial charge in [0.1, 0.15) is 24.0 Å². The highest BCUT2D eigenvalue weighted by Crippen LogP contribution is 2.33. The predicted molar refractivity (Wildman–Crippen MR) is 80.2 cm³/mol. The van der Waals surface area contributed by atoms with Crippen LogP contribution < -0.4 is 14.4 Å². The van der Waals surface area contributed by atoms with E-state index in [9.17, 15) is 12.8 Å². The average molecular weight is 323 g/mol. The van der Waals surface area contributed by atoms with Gasteiger partial charge in [-0.1, -0.05) is 0 Å². The highest BCUT2D eigenvalue weighted by Gasteiger charge is 2.21. The first-order valence-corrected chi connectivity index (χ1v) is 8.06. The summed E-state index contributed by atoms with van der Waals surface area (Å²) in [5.74, 6) is 0.173. The maximum absolute atomic E-state index is 12.8. The van der Waals surface area contributed by atoms with Gasteiger partial charge in [0.25, 0.3) is 10.0 Å². The summed E-state index contributed by atoms with van der Waals surface area (Å²) < 4.78 is 45.4. The van der Waals surface area contributed by atoms with Crippen molar-refractivity contribution < 1.29 is 17.5 Å². The number of hydrogen-bond donors (Lipinski definition) is 1. The number of aromatic nitrogens is 1. The van der Waals surface area contributed by atoms with Crippen molar-refractivity contribution in [2.24, 2.45) is 0 Å². The van der Waals surface area contributed by atoms with Crippen molar-refractivity contribution in [1.82, 2.24) is 4.98 Å². The number of pyridine rings is 1. The molecular weight excluding hydrogens is 309 g/mol. The third kappa shape index (κ3) is 2.82. The van der Waals surface area contributed by atoms with Crippen molar-refractivity contribution >= 4 is 21.5 Å². The van der Waals surface area contributed by atoms with Gasteiger partial charge in [-0.25, -0.2) is 17.8 Å². The Hall–Kier alpha value is -2.35. The molecule has 1 aliphatic rings. The van der Waals surface area contributed by atoms with Gasteiger partial charge in [-0.05, 0) is 30.3 Å². The molecule has 3 rings (SSSR count). The molecule has 0 saturated heterocycles. The molecule has 0 aliphatic carbocycles. The monoisotopic (exact) mass is 323 g/mol. The van der Waals surface area contributed by atoms with Crippen LogP contribution in [0.5, 0.6) is 5.75 Å². The largest absolute Gasteiger partial charge is 0.490 e. The number of rotatable bonds is 3. The Morgan fingerprint density at radius 3 is 2.86 bits per heavy atom. The van der Waals surface area contributed by atoms with Crippen LogP contribution in [0.4, 0.5) is 15.9 Å². The third-order valence-electron chi connectivity index (χ3n) is 3.30. The number of nitrogens with zero attached hydrogens (tertiary/aromatic N) is 2. The molecule has 0 radical (unpaired) electrons. The van der Waals surface area contributed by atoms with Gasteiger partial charge in [-0.15, -0.1) is 0 Å². The summed E-state index contributed by atoms with van der Waals surface area (Å²) >= 11 is 0. The predicted octanol–water partition coefficient (Wildman–Crippen LogP) is 1.85. The van der Waals surface area contributed by atoms with Crippen LogP contribution in [-0.2, 0) is 10.0 Å². The summed E-state index contributed by atoms with van der Waals surface area (Å²) in [4.78, 5) is 5.71. The average Bonchev–Trinajstić information content (AvgIpc) is 2.49. The summed E-state index contributed by atoms with van der Waals surface area (Å²) in [5, 5.41) is 0. The van der Waals surface area contributed by atoms with Crippen LogP contribution in [0.25, 0.3) is 0 Å². The lowest BCUT2D eigenvalue weighted by molar-refractivity contribution is 0.311. The number of ether oxygens (including phenoxy) is 1. The Kier molecular flexibility index (Phi) is 3.61. The number of sulfonamides is 1. The van der Waals surface area contributed by atoms with E-state index < -0.39 is 15.8 Å². The molecule has 0 saturated carbocycles. The molecule has 1 aromatic carbocycles. The summed E-state index contributed by atoms with van der Waals surface area (Å²) in [6, 6.07) is 7.03. The fraction of sp³-hybridized carbons (Fsp3) is 0.214. The summed E-state index contributed by atoms with van der Waals surface area (Å²) in [6.45, 7) is 1.25. The highest BCUT2D eigenvalue weighted by atomic mass is 32.2. The van der Waals surface area contributed by atoms with Crippen molar-refractivity contribution in [2.75, 3.05) is 29.8 Å². The molecule has 22 heavy (non-hydrogen) atoms. The van der Waals surface area contributed by atoms with Crippen molar-refractivity contribution in [2.45, 2.75) is 4.90 Å². The quantitative estimate of drug-likeness (QED) is 0.933. The van der Waals surface area contributed by atoms with Gasteiger partial charge < -0.3 is 9.64 Å². The first kappa shape index (κ1) is 14.6. The van der Waals surface area contributed by atoms with Gasteiger partial charge in [0.15, 0.2) is 0 Å². The molecule has 1 aromatic heterocycles. The summed E-state index contributed by atoms with van der Waals surface area (Å²) in [5.41, 5.74) is 0.709. The van der Waals surface area contributed by atoms with E-state index in [1.807, 2.05) is 11.9 Å². The normalized spacial score (nSPS) is 14.2. The number of nitrogens with one attached hydrogen (secondary N) is 1. The molecule has 0 atom stereocenters. The molecule has 8 heteroatoms. The number of likely N-dealkylation sites (N-methyl/N-ethyl adjacent to an activating group) is 1. The minimum absolute atomic E-state index is 0.0590. The molecule has 6 nitrogen and oxygen atoms in total. The van der Waals surface area contributed by atoms with Crippen molar-refractivity contribution in [3.05, 3.63) is 42.3 Å². The van der Waals surface area contributed by atoms with E-state index in [4.69, 9.17) is 4.74 Å². The van der Waals surface area contributed by atoms with Gasteiger partial charge in [0.2, 0.25) is 0 Å². The minimum Gasteiger partial charge on any atom is -0.490 e. The molecule has 2 heterocycles. The molecule has 0 spiro atoms. The van der Waals surface area contributed by atoms with Gasteiger partial charge in [-0.3, -0.25) is 4.72 Å². The van der Waals surface area contributed by atoms with Crippen LogP contribution in [0, 0.1) is 5.82 Å². The zero-order valence-corrected chi connectivity index (χ0v) is 12.6. The van der Waals surface area contributed by atoms with Crippen LogP contribution in [0.15, 0.2) is 41.4 Å². The Balaban J connectivity index is 1.92. The Morgan fingerprint density at radius 1 is 1.32 bits per heavy atom. The zero-order chi connectivity index (χ0) is 15.7. The number of fused-ring (bicyclic) bond motifs is 1. The van der Waals surface area contributed by atoms with Crippen molar-refractivity contribution in [1.29, 1.82) is 0 Å². The standard InChI is InChI=1S/C14H14FN3O3S/c1-18-6-7-21-13-4-3-11(8-12(13)18)22(19,20)17-14-5-2-10(15)9-16-14/h2-5,8-9H,6-7H2,1H3,(H,16,17). The summed E-state index contributed by atoms with van der Waals surface area (Å²) in [7, 11) is -1.93. The molecule has 0 fully saturated rings. The Labute approximate surface area is 127 Å². The Morgan fingerprint density at radius 2 is 2.14 bits per heavy atom. The van der Waals surface area contributed by atoms with Gasteiger partial charge in [0, 0.05) is 7.05 Å². The maximum atomic E-state index is 12.8. The highest BCUT2D eigenvalue weighted by molar-refractivity contribution is 7.92. The number of halogens is 1. The van der Waals surface area contributed by atoms with E-state index in [0.29, 0.717) is 24.6 Å². The number of anilines is 2. The fourth-order valence-electron chi connectivity index (χ4n) is 2.13. The topological polar surface area (TPSA) is 71.5 Å². The van der Waals surface area contributed by atoms with Gasteiger partial charge in [-0.2, -0.15) is 0 Å². The molecule has 0 bridgehead atoms. The van der Waals surface area contributed by atoms with Crippen LogP contribution >= 0.6 is 0 Å². The van der Waals surface area contributed by atoms with Crippen LogP contribution in [-0.4, -0.2) is 33.6 Å². The number of hydrogen-bond acceptors (Lipinski definition) is 5. The molecule has 1 aliphatic heterocycles. The van der Waals surface area contributed by atoms with Crippen molar-refractivity contribution in [3.63, 3.8) is 0 Å². The second-order valence-corrected chi connectivity index (χ2v) is 6.55. The smallest absolute Gasteiger partial charge is 0.263 e. The van der Waals surface area contributed by atoms with Crippen LogP contribution in [0.2, 0.25) is 0 Å². The summed E-state index contributed by atoms with van der Waals surface area (Å²) in [6.07, 6.45) is 0.951. The first-order valence-electron chi connectivity index (χ1n) is 6.58. The second-order valence-electron chi connectivity index (χ2n) is 4.87. The van der Waals surface area contributed by atoms with E-state index in [1.165, 1.54) is 12.1 Å². The Bertz CT molecular complexity index is 793. The van der Waals surface area contributed by atoms with E-state index in [2.05, 4.69) is 9.71 Å². The van der Waals surface area contributed by atoms with Crippen molar-refractivity contribution in [3.8, 4) is 5.75 Å². The van der Waals surface area contributed by atoms with E-state index in [0.717, 1.165) is 12.3 Å². The van der Waals surface area contributed by atoms with E-state index in [-0.39, 0.29) is 10.7 Å². The molecule has 2 aromatic rings. The minimum atomic E-state index is -3.80.